The van der Waals surface area contributed by atoms with Gasteiger partial charge in [-0.25, -0.2) is 4.79 Å². The van der Waals surface area contributed by atoms with Crippen LogP contribution < -0.4 is 5.73 Å². The van der Waals surface area contributed by atoms with E-state index in [1.54, 1.807) is 7.11 Å². The highest BCUT2D eigenvalue weighted by Gasteiger charge is 2.12. The van der Waals surface area contributed by atoms with E-state index in [9.17, 15) is 4.79 Å². The van der Waals surface area contributed by atoms with Gasteiger partial charge in [-0.2, -0.15) is 0 Å². The first kappa shape index (κ1) is 10.9. The quantitative estimate of drug-likeness (QED) is 0.564. The lowest BCUT2D eigenvalue weighted by molar-refractivity contribution is 0.0467. The summed E-state index contributed by atoms with van der Waals surface area (Å²) in [6, 6.07) is 0. The molecule has 0 aliphatic rings. The molecular weight excluding hydrogens is 206 g/mol. The molecule has 6 nitrogen and oxygen atoms in total. The lowest BCUT2D eigenvalue weighted by atomic mass is 10.5. The number of carbonyl (C=O) groups excluding carboxylic acids is 1. The molecule has 0 aromatic carbocycles. The topological polar surface area (TPSA) is 87.3 Å². The van der Waals surface area contributed by atoms with Crippen molar-refractivity contribution < 1.29 is 14.3 Å². The molecule has 1 rings (SSSR count). The fourth-order valence-corrected chi connectivity index (χ4v) is 1.25. The van der Waals surface area contributed by atoms with Crippen LogP contribution in [-0.4, -0.2) is 36.5 Å². The Labute approximate surface area is 85.0 Å². The molecule has 0 spiro atoms. The maximum absolute atomic E-state index is 11.2. The average Bonchev–Trinajstić information content (AvgIpc) is 2.59. The van der Waals surface area contributed by atoms with Crippen molar-refractivity contribution in [3.05, 3.63) is 5.01 Å². The fourth-order valence-electron chi connectivity index (χ4n) is 0.747. The number of nitrogens with zero attached hydrogens (tertiary/aromatic N) is 2. The van der Waals surface area contributed by atoms with Gasteiger partial charge in [0.25, 0.3) is 0 Å². The van der Waals surface area contributed by atoms with Crippen LogP contribution in [0.1, 0.15) is 16.2 Å². The molecule has 0 radical (unpaired) electrons. The Morgan fingerprint density at radius 1 is 1.50 bits per heavy atom. The van der Waals surface area contributed by atoms with E-state index in [0.717, 1.165) is 11.3 Å². The molecule has 1 aromatic rings. The van der Waals surface area contributed by atoms with Gasteiger partial charge >= 0.3 is 5.97 Å². The molecule has 1 aromatic heterocycles. The molecule has 14 heavy (non-hydrogen) atoms. The third kappa shape index (κ3) is 3.27. The highest BCUT2D eigenvalue weighted by molar-refractivity contribution is 7.16. The summed E-state index contributed by atoms with van der Waals surface area (Å²) in [6.07, 6.45) is 0.663. The first-order chi connectivity index (χ1) is 6.74. The Bertz CT molecular complexity index is 302. The minimum absolute atomic E-state index is 0.180. The predicted octanol–water partition coefficient (Wildman–Crippen LogP) is 0.314. The van der Waals surface area contributed by atoms with E-state index >= 15 is 0 Å². The van der Waals surface area contributed by atoms with Gasteiger partial charge in [0.15, 0.2) is 0 Å². The lowest BCUT2D eigenvalue weighted by Gasteiger charge is -2.00. The van der Waals surface area contributed by atoms with E-state index in [0.29, 0.717) is 19.6 Å². The summed E-state index contributed by atoms with van der Waals surface area (Å²) in [6.45, 7) is 0.873. The van der Waals surface area contributed by atoms with Crippen molar-refractivity contribution in [2.45, 2.75) is 6.42 Å². The number of methoxy groups -OCH3 is 1. The standard InChI is InChI=1S/C7H11N3O3S/c1-12-3-2-4-13-6(11)5-9-10-7(8)14-5/h2-4H2,1H3,(H2,8,10). The maximum Gasteiger partial charge on any atom is 0.369 e. The maximum atomic E-state index is 11.2. The van der Waals surface area contributed by atoms with E-state index in [4.69, 9.17) is 15.2 Å². The van der Waals surface area contributed by atoms with Crippen molar-refractivity contribution in [3.63, 3.8) is 0 Å². The van der Waals surface area contributed by atoms with Crippen molar-refractivity contribution in [1.29, 1.82) is 0 Å². The first-order valence-electron chi connectivity index (χ1n) is 3.99. The molecule has 0 saturated heterocycles. The van der Waals surface area contributed by atoms with Crippen LogP contribution >= 0.6 is 11.3 Å². The smallest absolute Gasteiger partial charge is 0.369 e. The molecule has 0 amide bonds. The number of hydrogen-bond donors (Lipinski definition) is 1. The Hall–Kier alpha value is -1.21. The van der Waals surface area contributed by atoms with Crippen molar-refractivity contribution in [1.82, 2.24) is 10.2 Å². The largest absolute Gasteiger partial charge is 0.460 e. The van der Waals surface area contributed by atoms with Crippen LogP contribution in [0.15, 0.2) is 0 Å². The van der Waals surface area contributed by atoms with Crippen LogP contribution in [0.2, 0.25) is 0 Å². The number of ether oxygens (including phenoxy) is 2. The van der Waals surface area contributed by atoms with E-state index in [2.05, 4.69) is 10.2 Å². The second-order valence-corrected chi connectivity index (χ2v) is 3.44. The second-order valence-electron chi connectivity index (χ2n) is 2.43. The van der Waals surface area contributed by atoms with Crippen molar-refractivity contribution in [2.24, 2.45) is 0 Å². The normalized spacial score (nSPS) is 10.1. The van der Waals surface area contributed by atoms with Gasteiger partial charge in [-0.3, -0.25) is 0 Å². The van der Waals surface area contributed by atoms with Gasteiger partial charge in [0, 0.05) is 20.1 Å². The van der Waals surface area contributed by atoms with Crippen LogP contribution in [0.4, 0.5) is 5.13 Å². The van der Waals surface area contributed by atoms with E-state index in [1.165, 1.54) is 0 Å². The summed E-state index contributed by atoms with van der Waals surface area (Å²) in [5.41, 5.74) is 5.31. The van der Waals surface area contributed by atoms with Gasteiger partial charge in [0.05, 0.1) is 6.61 Å². The number of aromatic nitrogens is 2. The van der Waals surface area contributed by atoms with Crippen LogP contribution in [0.3, 0.4) is 0 Å². The van der Waals surface area contributed by atoms with Crippen molar-refractivity contribution >= 4 is 22.4 Å². The molecule has 1 heterocycles. The molecule has 7 heteroatoms. The molecule has 78 valence electrons. The minimum Gasteiger partial charge on any atom is -0.460 e. The van der Waals surface area contributed by atoms with Crippen LogP contribution in [-0.2, 0) is 9.47 Å². The summed E-state index contributed by atoms with van der Waals surface area (Å²) in [5.74, 6) is -0.490. The number of nitrogens with two attached hydrogens (primary N) is 1. The zero-order valence-corrected chi connectivity index (χ0v) is 8.54. The van der Waals surface area contributed by atoms with E-state index in [-0.39, 0.29) is 10.1 Å². The SMILES string of the molecule is COCCCOC(=O)c1nnc(N)s1. The molecule has 0 fully saturated rings. The Balaban J connectivity index is 2.29. The summed E-state index contributed by atoms with van der Waals surface area (Å²) in [7, 11) is 1.59. The molecule has 0 aliphatic heterocycles. The number of nitrogen functional groups attached to an aromatic ring is 1. The first-order valence-corrected chi connectivity index (χ1v) is 4.80. The molecule has 0 unspecified atom stereocenters. The fraction of sp³-hybridized carbons (Fsp3) is 0.571. The third-order valence-electron chi connectivity index (χ3n) is 1.34. The molecular formula is C7H11N3O3S. The van der Waals surface area contributed by atoms with Crippen LogP contribution in [0.25, 0.3) is 0 Å². The molecule has 2 N–H and O–H groups in total. The molecule has 0 saturated carbocycles. The zero-order chi connectivity index (χ0) is 10.4. The van der Waals surface area contributed by atoms with Gasteiger partial charge in [-0.1, -0.05) is 11.3 Å². The van der Waals surface area contributed by atoms with Crippen LogP contribution in [0.5, 0.6) is 0 Å². The van der Waals surface area contributed by atoms with Crippen molar-refractivity contribution in [3.8, 4) is 0 Å². The highest BCUT2D eigenvalue weighted by atomic mass is 32.1. The highest BCUT2D eigenvalue weighted by Crippen LogP contribution is 2.11. The Morgan fingerprint density at radius 3 is 2.86 bits per heavy atom. The second kappa shape index (κ2) is 5.51. The van der Waals surface area contributed by atoms with Gasteiger partial charge in [-0.15, -0.1) is 10.2 Å². The number of rotatable bonds is 5. The lowest BCUT2D eigenvalue weighted by Crippen LogP contribution is -2.07. The van der Waals surface area contributed by atoms with E-state index in [1.807, 2.05) is 0 Å². The summed E-state index contributed by atoms with van der Waals surface area (Å²) in [5, 5.41) is 7.49. The van der Waals surface area contributed by atoms with Gasteiger partial charge in [-0.05, 0) is 0 Å². The molecule has 0 aliphatic carbocycles. The monoisotopic (exact) mass is 217 g/mol. The summed E-state index contributed by atoms with van der Waals surface area (Å²) >= 11 is 1.01. The van der Waals surface area contributed by atoms with Crippen LogP contribution in [0, 0.1) is 0 Å². The zero-order valence-electron chi connectivity index (χ0n) is 7.73. The Kier molecular flexibility index (Phi) is 4.27. The summed E-state index contributed by atoms with van der Waals surface area (Å²) in [4.78, 5) is 11.2. The summed E-state index contributed by atoms with van der Waals surface area (Å²) < 4.78 is 9.67. The minimum atomic E-state index is -0.490. The number of hydrogen-bond acceptors (Lipinski definition) is 7. The van der Waals surface area contributed by atoms with Crippen molar-refractivity contribution in [2.75, 3.05) is 26.1 Å². The Morgan fingerprint density at radius 2 is 2.29 bits per heavy atom. The number of esters is 1. The number of carbonyl (C=O) groups is 1. The van der Waals surface area contributed by atoms with Gasteiger partial charge in [0.1, 0.15) is 0 Å². The molecule has 0 atom stereocenters. The third-order valence-corrected chi connectivity index (χ3v) is 2.07. The van der Waals surface area contributed by atoms with Gasteiger partial charge < -0.3 is 15.2 Å². The van der Waals surface area contributed by atoms with E-state index < -0.39 is 5.97 Å². The predicted molar refractivity (Wildman–Crippen MR) is 51.1 cm³/mol. The van der Waals surface area contributed by atoms with Gasteiger partial charge in [0.2, 0.25) is 10.1 Å². The number of anilines is 1. The molecule has 0 bridgehead atoms. The average molecular weight is 217 g/mol.